The van der Waals surface area contributed by atoms with Crippen molar-refractivity contribution in [3.8, 4) is 11.3 Å². The third kappa shape index (κ3) is 4.18. The van der Waals surface area contributed by atoms with Crippen LogP contribution in [0.25, 0.3) is 11.3 Å². The summed E-state index contributed by atoms with van der Waals surface area (Å²) in [5.74, 6) is 0.194. The Bertz CT molecular complexity index is 1140. The summed E-state index contributed by atoms with van der Waals surface area (Å²) in [4.78, 5) is 36.2. The van der Waals surface area contributed by atoms with E-state index < -0.39 is 0 Å². The first-order valence-corrected chi connectivity index (χ1v) is 11.9. The van der Waals surface area contributed by atoms with Gasteiger partial charge in [0.05, 0.1) is 17.2 Å². The number of aromatic nitrogens is 1. The summed E-state index contributed by atoms with van der Waals surface area (Å²) in [5.41, 5.74) is 5.06. The van der Waals surface area contributed by atoms with Crippen molar-refractivity contribution in [2.24, 2.45) is 0 Å². The van der Waals surface area contributed by atoms with E-state index in [0.717, 1.165) is 40.5 Å². The SMILES string of the molecule is Cc1nc(-c2ccc3c(c2)CCN3C(=O)CN2CCN(C(=O)c3ccccc3)CC2)cs1. The molecule has 0 aliphatic carbocycles. The van der Waals surface area contributed by atoms with Crippen molar-refractivity contribution in [2.45, 2.75) is 13.3 Å². The van der Waals surface area contributed by atoms with Gasteiger partial charge in [0.15, 0.2) is 0 Å². The van der Waals surface area contributed by atoms with Gasteiger partial charge in [-0.15, -0.1) is 11.3 Å². The normalized spacial score (nSPS) is 16.3. The molecule has 0 N–H and O–H groups in total. The minimum absolute atomic E-state index is 0.0659. The monoisotopic (exact) mass is 446 g/mol. The number of piperazine rings is 1. The molecule has 1 fully saturated rings. The Hall–Kier alpha value is -3.03. The molecule has 3 aromatic rings. The first kappa shape index (κ1) is 20.8. The number of rotatable bonds is 4. The molecule has 2 amide bonds. The minimum atomic E-state index is 0.0659. The maximum Gasteiger partial charge on any atom is 0.253 e. The molecule has 0 radical (unpaired) electrons. The lowest BCUT2D eigenvalue weighted by Crippen LogP contribution is -2.51. The summed E-state index contributed by atoms with van der Waals surface area (Å²) in [7, 11) is 0. The first-order chi connectivity index (χ1) is 15.6. The molecule has 32 heavy (non-hydrogen) atoms. The Kier molecular flexibility index (Phi) is 5.76. The van der Waals surface area contributed by atoms with Gasteiger partial charge in [0, 0.05) is 54.9 Å². The molecule has 2 aromatic carbocycles. The molecule has 0 spiro atoms. The van der Waals surface area contributed by atoms with Crippen LogP contribution in [-0.4, -0.2) is 65.9 Å². The van der Waals surface area contributed by atoms with Gasteiger partial charge in [0.25, 0.3) is 5.91 Å². The second kappa shape index (κ2) is 8.84. The van der Waals surface area contributed by atoms with Gasteiger partial charge in [0.2, 0.25) is 5.91 Å². The van der Waals surface area contributed by atoms with Crippen LogP contribution in [0.3, 0.4) is 0 Å². The molecule has 0 bridgehead atoms. The highest BCUT2D eigenvalue weighted by Crippen LogP contribution is 2.33. The van der Waals surface area contributed by atoms with E-state index in [0.29, 0.717) is 32.7 Å². The molecule has 0 atom stereocenters. The van der Waals surface area contributed by atoms with Gasteiger partial charge in [-0.2, -0.15) is 0 Å². The molecule has 1 aromatic heterocycles. The van der Waals surface area contributed by atoms with Crippen LogP contribution in [0.2, 0.25) is 0 Å². The van der Waals surface area contributed by atoms with Crippen molar-refractivity contribution >= 4 is 28.8 Å². The van der Waals surface area contributed by atoms with Crippen LogP contribution in [-0.2, 0) is 11.2 Å². The zero-order valence-corrected chi connectivity index (χ0v) is 19.0. The van der Waals surface area contributed by atoms with Crippen molar-refractivity contribution in [3.63, 3.8) is 0 Å². The third-order valence-electron chi connectivity index (χ3n) is 6.23. The number of carbonyl (C=O) groups is 2. The number of nitrogens with zero attached hydrogens (tertiary/aromatic N) is 4. The highest BCUT2D eigenvalue weighted by molar-refractivity contribution is 7.09. The third-order valence-corrected chi connectivity index (χ3v) is 7.00. The zero-order valence-electron chi connectivity index (χ0n) is 18.2. The van der Waals surface area contributed by atoms with Crippen molar-refractivity contribution < 1.29 is 9.59 Å². The second-order valence-electron chi connectivity index (χ2n) is 8.33. The number of amides is 2. The van der Waals surface area contributed by atoms with Crippen molar-refractivity contribution in [1.29, 1.82) is 0 Å². The lowest BCUT2D eigenvalue weighted by molar-refractivity contribution is -0.120. The van der Waals surface area contributed by atoms with Crippen LogP contribution in [0.5, 0.6) is 0 Å². The van der Waals surface area contributed by atoms with Gasteiger partial charge in [-0.05, 0) is 43.2 Å². The number of carbonyl (C=O) groups excluding carboxylic acids is 2. The number of benzene rings is 2. The van der Waals surface area contributed by atoms with Gasteiger partial charge >= 0.3 is 0 Å². The molecule has 5 rings (SSSR count). The largest absolute Gasteiger partial charge is 0.336 e. The lowest BCUT2D eigenvalue weighted by Gasteiger charge is -2.35. The molecule has 7 heteroatoms. The summed E-state index contributed by atoms with van der Waals surface area (Å²) < 4.78 is 0. The number of aryl methyl sites for hydroxylation is 1. The van der Waals surface area contributed by atoms with Crippen molar-refractivity contribution in [3.05, 3.63) is 70.0 Å². The van der Waals surface area contributed by atoms with E-state index in [1.807, 2.05) is 47.1 Å². The van der Waals surface area contributed by atoms with E-state index in [1.54, 1.807) is 11.3 Å². The quantitative estimate of drug-likeness (QED) is 0.616. The molecular formula is C25H26N4O2S. The molecule has 6 nitrogen and oxygen atoms in total. The van der Waals surface area contributed by atoms with E-state index in [9.17, 15) is 9.59 Å². The van der Waals surface area contributed by atoms with Crippen LogP contribution in [0.1, 0.15) is 20.9 Å². The lowest BCUT2D eigenvalue weighted by atomic mass is 10.1. The average Bonchev–Trinajstić information content (AvgIpc) is 3.45. The van der Waals surface area contributed by atoms with Gasteiger partial charge in [-0.1, -0.05) is 24.3 Å². The van der Waals surface area contributed by atoms with Gasteiger partial charge in [-0.25, -0.2) is 4.98 Å². The highest BCUT2D eigenvalue weighted by Gasteiger charge is 2.28. The van der Waals surface area contributed by atoms with E-state index in [-0.39, 0.29) is 11.8 Å². The summed E-state index contributed by atoms with van der Waals surface area (Å²) in [5, 5.41) is 3.14. The molecule has 0 saturated carbocycles. The molecular weight excluding hydrogens is 420 g/mol. The predicted octanol–water partition coefficient (Wildman–Crippen LogP) is 3.47. The molecule has 2 aliphatic rings. The minimum Gasteiger partial charge on any atom is -0.336 e. The molecule has 2 aliphatic heterocycles. The summed E-state index contributed by atoms with van der Waals surface area (Å²) in [6.07, 6.45) is 0.872. The fraction of sp³-hybridized carbons (Fsp3) is 0.320. The van der Waals surface area contributed by atoms with Crippen LogP contribution < -0.4 is 4.90 Å². The fourth-order valence-electron chi connectivity index (χ4n) is 4.47. The Labute approximate surface area is 192 Å². The molecule has 1 saturated heterocycles. The topological polar surface area (TPSA) is 56.8 Å². The maximum absolute atomic E-state index is 13.1. The number of hydrogen-bond donors (Lipinski definition) is 0. The average molecular weight is 447 g/mol. The maximum atomic E-state index is 13.1. The number of anilines is 1. The molecule has 164 valence electrons. The van der Waals surface area contributed by atoms with Crippen molar-refractivity contribution in [2.75, 3.05) is 44.2 Å². The Morgan fingerprint density at radius 2 is 1.78 bits per heavy atom. The van der Waals surface area contributed by atoms with Crippen LogP contribution in [0.4, 0.5) is 5.69 Å². The smallest absolute Gasteiger partial charge is 0.253 e. The standard InChI is InChI=1S/C25H26N4O2S/c1-18-26-22(17-32-18)20-7-8-23-21(15-20)9-10-29(23)24(30)16-27-11-13-28(14-12-27)25(31)19-5-3-2-4-6-19/h2-8,15,17H,9-14,16H2,1H3. The summed E-state index contributed by atoms with van der Waals surface area (Å²) in [6, 6.07) is 15.7. The molecule has 3 heterocycles. The predicted molar refractivity (Wildman–Crippen MR) is 127 cm³/mol. The Morgan fingerprint density at radius 1 is 1.00 bits per heavy atom. The highest BCUT2D eigenvalue weighted by atomic mass is 32.1. The van der Waals surface area contributed by atoms with Gasteiger partial charge in [0.1, 0.15) is 0 Å². The number of hydrogen-bond acceptors (Lipinski definition) is 5. The summed E-state index contributed by atoms with van der Waals surface area (Å²) in [6.45, 7) is 5.85. The van der Waals surface area contributed by atoms with E-state index in [2.05, 4.69) is 33.5 Å². The van der Waals surface area contributed by atoms with Gasteiger partial charge in [-0.3, -0.25) is 14.5 Å². The van der Waals surface area contributed by atoms with Crippen LogP contribution in [0, 0.1) is 6.92 Å². The van der Waals surface area contributed by atoms with Crippen LogP contribution in [0.15, 0.2) is 53.9 Å². The van der Waals surface area contributed by atoms with Gasteiger partial charge < -0.3 is 9.80 Å². The fourth-order valence-corrected chi connectivity index (χ4v) is 5.09. The number of thiazole rings is 1. The van der Waals surface area contributed by atoms with E-state index in [4.69, 9.17) is 0 Å². The second-order valence-corrected chi connectivity index (χ2v) is 9.39. The Balaban J connectivity index is 1.19. The zero-order chi connectivity index (χ0) is 22.1. The van der Waals surface area contributed by atoms with Crippen molar-refractivity contribution in [1.82, 2.24) is 14.8 Å². The van der Waals surface area contributed by atoms with Crippen LogP contribution >= 0.6 is 11.3 Å². The van der Waals surface area contributed by atoms with E-state index >= 15 is 0 Å². The number of fused-ring (bicyclic) bond motifs is 1. The molecule has 0 unspecified atom stereocenters. The first-order valence-electron chi connectivity index (χ1n) is 11.0. The van der Waals surface area contributed by atoms with E-state index in [1.165, 1.54) is 5.56 Å². The Morgan fingerprint density at radius 3 is 2.50 bits per heavy atom. The summed E-state index contributed by atoms with van der Waals surface area (Å²) >= 11 is 1.65.